The largest absolute Gasteiger partial charge is 0.458 e. The summed E-state index contributed by atoms with van der Waals surface area (Å²) >= 11 is 0. The van der Waals surface area contributed by atoms with Crippen molar-refractivity contribution in [3.63, 3.8) is 0 Å². The SMILES string of the molecule is C=C1C(=O)O[C@@H]2[C@@H]3[C@@](C)(CC[C@@H]12)[C@@H](OC(=O)/C(C)=C\C)C[C@H]1O[C@@]31C. The van der Waals surface area contributed by atoms with Crippen molar-refractivity contribution >= 4 is 11.9 Å². The molecule has 0 bridgehead atoms. The van der Waals surface area contributed by atoms with Crippen LogP contribution in [0.1, 0.15) is 47.0 Å². The van der Waals surface area contributed by atoms with Crippen molar-refractivity contribution < 1.29 is 23.8 Å². The molecule has 2 saturated heterocycles. The Morgan fingerprint density at radius 3 is 2.80 bits per heavy atom. The van der Waals surface area contributed by atoms with E-state index in [-0.39, 0.29) is 53.1 Å². The van der Waals surface area contributed by atoms with Gasteiger partial charge in [-0.25, -0.2) is 9.59 Å². The maximum Gasteiger partial charge on any atom is 0.334 e. The van der Waals surface area contributed by atoms with Crippen LogP contribution >= 0.6 is 0 Å². The number of ether oxygens (including phenoxy) is 3. The summed E-state index contributed by atoms with van der Waals surface area (Å²) in [5.74, 6) is -0.487. The second kappa shape index (κ2) is 5.19. The van der Waals surface area contributed by atoms with Crippen LogP contribution in [0.4, 0.5) is 0 Å². The summed E-state index contributed by atoms with van der Waals surface area (Å²) in [7, 11) is 0. The van der Waals surface area contributed by atoms with Gasteiger partial charge in [0.1, 0.15) is 12.2 Å². The highest BCUT2D eigenvalue weighted by Gasteiger charge is 2.74. The molecule has 2 aliphatic carbocycles. The highest BCUT2D eigenvalue weighted by molar-refractivity contribution is 5.91. The molecule has 5 heteroatoms. The first-order valence-electron chi connectivity index (χ1n) is 9.14. The molecule has 0 amide bonds. The van der Waals surface area contributed by atoms with Gasteiger partial charge < -0.3 is 14.2 Å². The van der Waals surface area contributed by atoms with Gasteiger partial charge in [0, 0.05) is 34.8 Å². The predicted molar refractivity (Wildman–Crippen MR) is 90.5 cm³/mol. The number of hydrogen-bond donors (Lipinski definition) is 0. The zero-order chi connectivity index (χ0) is 18.1. The van der Waals surface area contributed by atoms with Crippen LogP contribution in [0.25, 0.3) is 0 Å². The summed E-state index contributed by atoms with van der Waals surface area (Å²) in [5, 5.41) is 0. The van der Waals surface area contributed by atoms with Crippen molar-refractivity contribution in [3.8, 4) is 0 Å². The van der Waals surface area contributed by atoms with E-state index in [9.17, 15) is 9.59 Å². The van der Waals surface area contributed by atoms with Crippen LogP contribution in [0, 0.1) is 17.3 Å². The Balaban J connectivity index is 1.67. The maximum absolute atomic E-state index is 12.4. The monoisotopic (exact) mass is 346 g/mol. The molecule has 25 heavy (non-hydrogen) atoms. The molecule has 0 unspecified atom stereocenters. The smallest absolute Gasteiger partial charge is 0.334 e. The summed E-state index contributed by atoms with van der Waals surface area (Å²) in [6.45, 7) is 11.8. The molecule has 4 aliphatic rings. The second-order valence-electron chi connectivity index (χ2n) is 8.42. The third-order valence-electron chi connectivity index (χ3n) is 7.15. The molecule has 2 aliphatic heterocycles. The molecule has 0 spiro atoms. The van der Waals surface area contributed by atoms with Gasteiger partial charge in [-0.05, 0) is 33.6 Å². The summed E-state index contributed by atoms with van der Waals surface area (Å²) in [6.07, 6.45) is 3.78. The van der Waals surface area contributed by atoms with E-state index in [4.69, 9.17) is 14.2 Å². The number of esters is 2. The average Bonchev–Trinajstić information content (AvgIpc) is 3.14. The summed E-state index contributed by atoms with van der Waals surface area (Å²) < 4.78 is 17.7. The Labute approximate surface area is 148 Å². The average molecular weight is 346 g/mol. The molecule has 0 aromatic carbocycles. The van der Waals surface area contributed by atoms with Crippen molar-refractivity contribution in [1.82, 2.24) is 0 Å². The lowest BCUT2D eigenvalue weighted by Gasteiger charge is -2.53. The van der Waals surface area contributed by atoms with Gasteiger partial charge >= 0.3 is 11.9 Å². The molecule has 0 radical (unpaired) electrons. The summed E-state index contributed by atoms with van der Waals surface area (Å²) in [4.78, 5) is 24.4. The normalized spacial score (nSPS) is 48.2. The van der Waals surface area contributed by atoms with Crippen LogP contribution in [0.2, 0.25) is 0 Å². The van der Waals surface area contributed by atoms with Crippen molar-refractivity contribution in [1.29, 1.82) is 0 Å². The first kappa shape index (κ1) is 16.8. The van der Waals surface area contributed by atoms with Crippen molar-refractivity contribution in [2.45, 2.75) is 70.9 Å². The quantitative estimate of drug-likeness (QED) is 0.437. The third kappa shape index (κ3) is 2.17. The van der Waals surface area contributed by atoms with Gasteiger partial charge in [-0.3, -0.25) is 0 Å². The van der Waals surface area contributed by atoms with E-state index >= 15 is 0 Å². The molecular formula is C20H26O5. The van der Waals surface area contributed by atoms with E-state index in [1.54, 1.807) is 13.0 Å². The predicted octanol–water partition coefficient (Wildman–Crippen LogP) is 2.94. The Kier molecular flexibility index (Phi) is 3.50. The van der Waals surface area contributed by atoms with Crippen LogP contribution in [0.5, 0.6) is 0 Å². The zero-order valence-electron chi connectivity index (χ0n) is 15.3. The number of fused-ring (bicyclic) bond motifs is 5. The standard InChI is InChI=1S/C20H26O5/c1-6-10(2)17(21)23-13-9-14-20(5,25-14)16-15-12(7-8-19(13,16)4)11(3)18(22)24-15/h6,12-16H,3,7-9H2,1-2,4-5H3/b10-6-/t12-,13-,14+,15-,16+,19-,20+/m0/s1. The van der Waals surface area contributed by atoms with Crippen molar-refractivity contribution in [2.75, 3.05) is 0 Å². The molecule has 4 fully saturated rings. The van der Waals surface area contributed by atoms with E-state index in [1.807, 2.05) is 6.92 Å². The maximum atomic E-state index is 12.4. The highest BCUT2D eigenvalue weighted by Crippen LogP contribution is 2.66. The van der Waals surface area contributed by atoms with Gasteiger partial charge in [0.15, 0.2) is 0 Å². The minimum absolute atomic E-state index is 0.0180. The third-order valence-corrected chi connectivity index (χ3v) is 7.15. The summed E-state index contributed by atoms with van der Waals surface area (Å²) in [5.41, 5.74) is 0.621. The number of allylic oxidation sites excluding steroid dienone is 1. The minimum Gasteiger partial charge on any atom is -0.458 e. The number of rotatable bonds is 2. The Bertz CT molecular complexity index is 694. The van der Waals surface area contributed by atoms with Gasteiger partial charge in [0.25, 0.3) is 0 Å². The Hall–Kier alpha value is -1.62. The second-order valence-corrected chi connectivity index (χ2v) is 8.42. The molecule has 0 aromatic rings. The van der Waals surface area contributed by atoms with Crippen LogP contribution in [-0.2, 0) is 23.8 Å². The Morgan fingerprint density at radius 1 is 1.40 bits per heavy atom. The molecule has 2 saturated carbocycles. The van der Waals surface area contributed by atoms with E-state index < -0.39 is 0 Å². The summed E-state index contributed by atoms with van der Waals surface area (Å²) in [6, 6.07) is 0. The molecule has 5 nitrogen and oxygen atoms in total. The minimum atomic E-state index is -0.304. The molecule has 2 heterocycles. The number of carbonyl (C=O) groups excluding carboxylic acids is 2. The number of epoxide rings is 1. The van der Waals surface area contributed by atoms with Crippen molar-refractivity contribution in [3.05, 3.63) is 23.8 Å². The first-order valence-corrected chi connectivity index (χ1v) is 9.14. The topological polar surface area (TPSA) is 65.1 Å². The lowest BCUT2D eigenvalue weighted by atomic mass is 9.52. The van der Waals surface area contributed by atoms with Crippen LogP contribution in [-0.4, -0.2) is 35.9 Å². The van der Waals surface area contributed by atoms with Crippen LogP contribution in [0.3, 0.4) is 0 Å². The van der Waals surface area contributed by atoms with Gasteiger partial charge in [-0.15, -0.1) is 0 Å². The fourth-order valence-corrected chi connectivity index (χ4v) is 5.42. The van der Waals surface area contributed by atoms with Gasteiger partial charge in [-0.2, -0.15) is 0 Å². The molecule has 136 valence electrons. The number of hydrogen-bond acceptors (Lipinski definition) is 5. The molecule has 0 aromatic heterocycles. The zero-order valence-corrected chi connectivity index (χ0v) is 15.3. The van der Waals surface area contributed by atoms with Crippen molar-refractivity contribution in [2.24, 2.45) is 17.3 Å². The Morgan fingerprint density at radius 2 is 2.12 bits per heavy atom. The van der Waals surface area contributed by atoms with Gasteiger partial charge in [0.2, 0.25) is 0 Å². The van der Waals surface area contributed by atoms with E-state index in [0.29, 0.717) is 17.6 Å². The fourth-order valence-electron chi connectivity index (χ4n) is 5.42. The highest BCUT2D eigenvalue weighted by atomic mass is 16.6. The fraction of sp³-hybridized carbons (Fsp3) is 0.700. The molecule has 7 atom stereocenters. The lowest BCUT2D eigenvalue weighted by molar-refractivity contribution is -0.179. The number of carbonyl (C=O) groups is 2. The van der Waals surface area contributed by atoms with Crippen LogP contribution < -0.4 is 0 Å². The van der Waals surface area contributed by atoms with E-state index in [2.05, 4.69) is 20.4 Å². The van der Waals surface area contributed by atoms with E-state index in [1.165, 1.54) is 0 Å². The van der Waals surface area contributed by atoms with Gasteiger partial charge in [0.05, 0.1) is 11.7 Å². The van der Waals surface area contributed by atoms with Gasteiger partial charge in [-0.1, -0.05) is 19.6 Å². The molecule has 4 rings (SSSR count). The molecular weight excluding hydrogens is 320 g/mol. The van der Waals surface area contributed by atoms with Crippen LogP contribution in [0.15, 0.2) is 23.8 Å². The molecule has 0 N–H and O–H groups in total. The lowest BCUT2D eigenvalue weighted by Crippen LogP contribution is -2.59. The van der Waals surface area contributed by atoms with E-state index in [0.717, 1.165) is 12.8 Å². The first-order chi connectivity index (χ1) is 11.7.